The molecule has 0 saturated heterocycles. The minimum absolute atomic E-state index is 0.000960. The molecular formula is C29H54N2O7. The third-order valence-corrected chi connectivity index (χ3v) is 6.23. The average Bonchev–Trinajstić information content (AvgIpc) is 2.87. The Hall–Kier alpha value is -2.16. The summed E-state index contributed by atoms with van der Waals surface area (Å²) in [7, 11) is 0. The predicted octanol–water partition coefficient (Wildman–Crippen LogP) is 5.15. The van der Waals surface area contributed by atoms with E-state index in [9.17, 15) is 19.2 Å². The zero-order valence-corrected chi connectivity index (χ0v) is 24.0. The summed E-state index contributed by atoms with van der Waals surface area (Å²) < 4.78 is 10.3. The van der Waals surface area contributed by atoms with Gasteiger partial charge in [0, 0.05) is 32.4 Å². The molecule has 0 heterocycles. The second-order valence-corrected chi connectivity index (χ2v) is 10.2. The average molecular weight is 543 g/mol. The van der Waals surface area contributed by atoms with E-state index in [0.717, 1.165) is 38.5 Å². The highest BCUT2D eigenvalue weighted by Gasteiger charge is 2.07. The van der Waals surface area contributed by atoms with Gasteiger partial charge in [0.05, 0.1) is 19.1 Å². The molecule has 0 aliphatic carbocycles. The Balaban J connectivity index is 3.32. The number of unbranched alkanes of at least 4 members (excludes halogenated alkanes) is 13. The molecule has 0 aliphatic rings. The first-order valence-electron chi connectivity index (χ1n) is 14.8. The molecule has 0 unspecified atom stereocenters. The first kappa shape index (κ1) is 35.8. The molecule has 2 amide bonds. The highest BCUT2D eigenvalue weighted by atomic mass is 16.6. The number of carbonyl (C=O) groups is 4. The monoisotopic (exact) mass is 542 g/mol. The first-order valence-corrected chi connectivity index (χ1v) is 14.8. The van der Waals surface area contributed by atoms with Crippen molar-refractivity contribution in [2.75, 3.05) is 32.9 Å². The summed E-state index contributed by atoms with van der Waals surface area (Å²) in [4.78, 5) is 45.4. The molecule has 0 radical (unpaired) electrons. The summed E-state index contributed by atoms with van der Waals surface area (Å²) in [5, 5.41) is 14.1. The number of esters is 1. The van der Waals surface area contributed by atoms with Gasteiger partial charge in [0.15, 0.2) is 0 Å². The van der Waals surface area contributed by atoms with Crippen LogP contribution in [0.25, 0.3) is 0 Å². The van der Waals surface area contributed by atoms with Crippen LogP contribution in [0.1, 0.15) is 123 Å². The van der Waals surface area contributed by atoms with Crippen molar-refractivity contribution in [1.82, 2.24) is 10.6 Å². The minimum Gasteiger partial charge on any atom is -0.481 e. The maximum Gasteiger partial charge on any atom is 0.308 e. The molecule has 0 spiro atoms. The zero-order chi connectivity index (χ0) is 28.3. The van der Waals surface area contributed by atoms with E-state index in [1.54, 1.807) is 13.8 Å². The number of carbonyl (C=O) groups excluding carboxylic acids is 3. The summed E-state index contributed by atoms with van der Waals surface area (Å²) in [6, 6.07) is 0. The van der Waals surface area contributed by atoms with Gasteiger partial charge in [-0.1, -0.05) is 90.9 Å². The van der Waals surface area contributed by atoms with E-state index >= 15 is 0 Å². The standard InChI is InChI=1S/C29H54N2O7/c1-25(2)29(36)38-24-23-37-22-21-31-27(33)19-20-30-26(32)17-15-13-11-9-7-5-3-4-6-8-10-12-14-16-18-28(34)35/h25H,3-24H2,1-2H3,(H,30,32)(H,31,33)(H,34,35). The van der Waals surface area contributed by atoms with E-state index < -0.39 is 5.97 Å². The SMILES string of the molecule is CC(C)C(=O)OCCOCCNC(=O)CCNC(=O)CCCCCCCCCCCCCCCCC(=O)O. The van der Waals surface area contributed by atoms with Crippen LogP contribution < -0.4 is 10.6 Å². The Morgan fingerprint density at radius 3 is 1.53 bits per heavy atom. The number of ether oxygens (including phenoxy) is 2. The number of carboxylic acids is 1. The van der Waals surface area contributed by atoms with E-state index in [2.05, 4.69) is 10.6 Å². The van der Waals surface area contributed by atoms with Crippen LogP contribution in [0.15, 0.2) is 0 Å². The number of rotatable bonds is 27. The second kappa shape index (κ2) is 26.4. The van der Waals surface area contributed by atoms with Crippen molar-refractivity contribution in [2.24, 2.45) is 5.92 Å². The Bertz CT molecular complexity index is 626. The molecule has 0 saturated carbocycles. The van der Waals surface area contributed by atoms with Crippen LogP contribution >= 0.6 is 0 Å². The third-order valence-electron chi connectivity index (χ3n) is 6.23. The molecule has 0 aromatic heterocycles. The number of nitrogens with one attached hydrogen (secondary N) is 2. The van der Waals surface area contributed by atoms with Crippen molar-refractivity contribution >= 4 is 23.8 Å². The molecule has 0 rings (SSSR count). The highest BCUT2D eigenvalue weighted by Crippen LogP contribution is 2.13. The molecule has 0 aromatic rings. The molecule has 9 nitrogen and oxygen atoms in total. The smallest absolute Gasteiger partial charge is 0.308 e. The lowest BCUT2D eigenvalue weighted by atomic mass is 10.0. The van der Waals surface area contributed by atoms with Gasteiger partial charge in [0.2, 0.25) is 11.8 Å². The van der Waals surface area contributed by atoms with Crippen molar-refractivity contribution in [3.8, 4) is 0 Å². The highest BCUT2D eigenvalue weighted by molar-refractivity contribution is 5.78. The summed E-state index contributed by atoms with van der Waals surface area (Å²) in [5.74, 6) is -1.23. The van der Waals surface area contributed by atoms with Gasteiger partial charge in [-0.05, 0) is 12.8 Å². The normalized spacial score (nSPS) is 10.9. The van der Waals surface area contributed by atoms with Crippen molar-refractivity contribution in [3.05, 3.63) is 0 Å². The summed E-state index contributed by atoms with van der Waals surface area (Å²) in [6.07, 6.45) is 17.2. The van der Waals surface area contributed by atoms with Gasteiger partial charge >= 0.3 is 11.9 Å². The van der Waals surface area contributed by atoms with Gasteiger partial charge in [-0.25, -0.2) is 0 Å². The molecule has 3 N–H and O–H groups in total. The van der Waals surface area contributed by atoms with Gasteiger partial charge in [0.1, 0.15) is 6.61 Å². The van der Waals surface area contributed by atoms with Gasteiger partial charge in [-0.3, -0.25) is 19.2 Å². The Kier molecular flexibility index (Phi) is 24.9. The fourth-order valence-electron chi connectivity index (χ4n) is 3.91. The molecular weight excluding hydrogens is 488 g/mol. The lowest BCUT2D eigenvalue weighted by Crippen LogP contribution is -2.32. The van der Waals surface area contributed by atoms with Crippen LogP contribution in [0.5, 0.6) is 0 Å². The van der Waals surface area contributed by atoms with Gasteiger partial charge in [0.25, 0.3) is 0 Å². The predicted molar refractivity (Wildman–Crippen MR) is 149 cm³/mol. The third kappa shape index (κ3) is 26.9. The zero-order valence-electron chi connectivity index (χ0n) is 24.0. The van der Waals surface area contributed by atoms with Crippen LogP contribution in [-0.2, 0) is 28.7 Å². The largest absolute Gasteiger partial charge is 0.481 e. The maximum atomic E-state index is 11.9. The van der Waals surface area contributed by atoms with E-state index in [1.807, 2.05) is 0 Å². The fraction of sp³-hybridized carbons (Fsp3) is 0.862. The summed E-state index contributed by atoms with van der Waals surface area (Å²) >= 11 is 0. The van der Waals surface area contributed by atoms with Crippen molar-refractivity contribution in [1.29, 1.82) is 0 Å². The number of carboxylic acid groups (broad SMARTS) is 1. The van der Waals surface area contributed by atoms with Crippen LogP contribution in [0.2, 0.25) is 0 Å². The van der Waals surface area contributed by atoms with Crippen LogP contribution in [0.4, 0.5) is 0 Å². The molecule has 0 atom stereocenters. The Labute approximate surface area is 230 Å². The van der Waals surface area contributed by atoms with E-state index in [0.29, 0.717) is 39.1 Å². The molecule has 9 heteroatoms. The number of amides is 2. The van der Waals surface area contributed by atoms with Crippen molar-refractivity contribution in [3.63, 3.8) is 0 Å². The second-order valence-electron chi connectivity index (χ2n) is 10.2. The molecule has 0 fully saturated rings. The molecule has 38 heavy (non-hydrogen) atoms. The molecule has 0 bridgehead atoms. The lowest BCUT2D eigenvalue weighted by Gasteiger charge is -2.09. The molecule has 222 valence electrons. The lowest BCUT2D eigenvalue weighted by molar-refractivity contribution is -0.148. The quantitative estimate of drug-likeness (QED) is 0.0966. The van der Waals surface area contributed by atoms with E-state index in [4.69, 9.17) is 14.6 Å². The topological polar surface area (TPSA) is 131 Å². The van der Waals surface area contributed by atoms with Crippen molar-refractivity contribution in [2.45, 2.75) is 123 Å². The number of hydrogen-bond acceptors (Lipinski definition) is 6. The van der Waals surface area contributed by atoms with Crippen LogP contribution in [0, 0.1) is 5.92 Å². The number of aliphatic carboxylic acids is 1. The summed E-state index contributed by atoms with van der Waals surface area (Å²) in [5.41, 5.74) is 0. The fourth-order valence-corrected chi connectivity index (χ4v) is 3.91. The summed E-state index contributed by atoms with van der Waals surface area (Å²) in [6.45, 7) is 5.10. The van der Waals surface area contributed by atoms with Crippen molar-refractivity contribution < 1.29 is 33.8 Å². The van der Waals surface area contributed by atoms with Gasteiger partial charge < -0.3 is 25.2 Å². The first-order chi connectivity index (χ1) is 18.3. The molecule has 0 aliphatic heterocycles. The Morgan fingerprint density at radius 2 is 1.03 bits per heavy atom. The van der Waals surface area contributed by atoms with E-state index in [-0.39, 0.29) is 36.7 Å². The van der Waals surface area contributed by atoms with E-state index in [1.165, 1.54) is 51.4 Å². The number of hydrogen-bond donors (Lipinski definition) is 3. The van der Waals surface area contributed by atoms with Crippen LogP contribution in [-0.4, -0.2) is 61.8 Å². The van der Waals surface area contributed by atoms with Crippen LogP contribution in [0.3, 0.4) is 0 Å². The maximum absolute atomic E-state index is 11.9. The molecule has 0 aromatic carbocycles. The minimum atomic E-state index is -0.690. The Morgan fingerprint density at radius 1 is 0.579 bits per heavy atom. The van der Waals surface area contributed by atoms with Gasteiger partial charge in [-0.15, -0.1) is 0 Å². The van der Waals surface area contributed by atoms with Gasteiger partial charge in [-0.2, -0.15) is 0 Å².